The zero-order valence-electron chi connectivity index (χ0n) is 3.71. The second-order valence-corrected chi connectivity index (χ2v) is 0. The van der Waals surface area contributed by atoms with E-state index in [0.717, 1.165) is 0 Å². The summed E-state index contributed by atoms with van der Waals surface area (Å²) in [5.74, 6) is 0. The van der Waals surface area contributed by atoms with Crippen molar-refractivity contribution in [2.24, 2.45) is 0 Å². The van der Waals surface area contributed by atoms with Crippen molar-refractivity contribution in [1.29, 1.82) is 0 Å². The van der Waals surface area contributed by atoms with Gasteiger partial charge in [-0.25, -0.2) is 0 Å². The van der Waals surface area contributed by atoms with Crippen molar-refractivity contribution in [3.63, 3.8) is 0 Å². The first-order valence-electron chi connectivity index (χ1n) is 0. The Morgan fingerprint density at radius 1 is 0.500 bits per heavy atom. The molecule has 0 atom stereocenters. The van der Waals surface area contributed by atoms with E-state index in [2.05, 4.69) is 0 Å². The van der Waals surface area contributed by atoms with Crippen molar-refractivity contribution >= 4 is 0 Å². The molecule has 1 nitrogen and oxygen atoms in total. The minimum Gasteiger partial charge on any atom is -0.344 e. The molecule has 4 heteroatoms. The summed E-state index contributed by atoms with van der Waals surface area (Å²) in [5.41, 5.74) is 0. The van der Waals surface area contributed by atoms with E-state index in [1.54, 1.807) is 0 Å². The molecule has 0 aliphatic rings. The number of rotatable bonds is 0. The molecular weight excluding hydrogens is 131 g/mol. The second-order valence-electron chi connectivity index (χ2n) is 0. The Bertz CT molecular complexity index is 3.25. The second kappa shape index (κ2) is 15.7. The van der Waals surface area contributed by atoms with Crippen molar-refractivity contribution < 1.29 is 154 Å². The zero-order chi connectivity index (χ0) is 0. The summed E-state index contributed by atoms with van der Waals surface area (Å²) in [6, 6.07) is 0. The Hall–Kier alpha value is 4.87. The van der Waals surface area contributed by atoms with Crippen molar-refractivity contribution in [1.82, 2.24) is 6.15 Å². The van der Waals surface area contributed by atoms with E-state index in [0.29, 0.717) is 0 Å². The van der Waals surface area contributed by atoms with E-state index >= 15 is 0 Å². The van der Waals surface area contributed by atoms with Gasteiger partial charge >= 0.3 is 154 Å². The Morgan fingerprint density at radius 3 is 0.500 bits per heavy atom. The third-order valence-electron chi connectivity index (χ3n) is 0. The molecule has 0 saturated heterocycles. The van der Waals surface area contributed by atoms with E-state index in [1.807, 2.05) is 0 Å². The van der Waals surface area contributed by atoms with Crippen LogP contribution in [0.15, 0.2) is 0 Å². The van der Waals surface area contributed by atoms with Crippen LogP contribution in [-0.2, 0) is 0 Å². The molecule has 0 fully saturated rings. The van der Waals surface area contributed by atoms with Crippen LogP contribution in [0.5, 0.6) is 0 Å². The smallest absolute Gasteiger partial charge is 0.344 e. The quantitative estimate of drug-likeness (QED) is 0.328. The first-order valence-corrected chi connectivity index (χ1v) is 0. The van der Waals surface area contributed by atoms with Crippen LogP contribution in [0.1, 0.15) is 0 Å². The fourth-order valence-electron chi connectivity index (χ4n) is 0. The maximum atomic E-state index is 0. The molecule has 0 aliphatic heterocycles. The number of hydrogen-bond donors (Lipinski definition) is 1. The molecule has 8 valence electrons. The largest absolute Gasteiger partial charge is 1.00 e. The Balaban J connectivity index is 0. The van der Waals surface area contributed by atoms with Crippen LogP contribution in [0.3, 0.4) is 0 Å². The third-order valence-corrected chi connectivity index (χ3v) is 0. The van der Waals surface area contributed by atoms with Crippen LogP contribution in [-0.4, -0.2) is 0 Å². The Kier molecular flexibility index (Phi) is 90.7. The average Bonchev–Trinajstić information content (AvgIpc) is 0. The van der Waals surface area contributed by atoms with Crippen LogP contribution in [0.25, 0.3) is 0 Å². The molecule has 0 unspecified atom stereocenters. The molecule has 4 heavy (non-hydrogen) atoms. The van der Waals surface area contributed by atoms with Gasteiger partial charge in [0.1, 0.15) is 0 Å². The fraction of sp³-hybridized carbons (Fsp3) is 0. The molecule has 0 spiro atoms. The zero-order valence-corrected chi connectivity index (χ0v) is 13.1. The van der Waals surface area contributed by atoms with E-state index in [1.165, 1.54) is 0 Å². The molecule has 0 amide bonds. The average molecular weight is 134 g/mol. The Morgan fingerprint density at radius 2 is 0.500 bits per heavy atom. The van der Waals surface area contributed by atoms with Gasteiger partial charge in [0.15, 0.2) is 0 Å². The molecule has 0 aromatic heterocycles. The minimum absolute atomic E-state index is 0. The van der Waals surface area contributed by atoms with E-state index < -0.39 is 0 Å². The predicted molar refractivity (Wildman–Crippen MR) is 5.02 cm³/mol. The normalized spacial score (nSPS) is 0. The van der Waals surface area contributed by atoms with Gasteiger partial charge in [-0.05, 0) is 0 Å². The van der Waals surface area contributed by atoms with Gasteiger partial charge in [-0.1, -0.05) is 0 Å². The van der Waals surface area contributed by atoms with Gasteiger partial charge in [0.2, 0.25) is 0 Å². The van der Waals surface area contributed by atoms with Crippen LogP contribution < -0.4 is 160 Å². The monoisotopic (exact) mass is 134 g/mol. The van der Waals surface area contributed by atoms with Crippen LogP contribution >= 0.6 is 0 Å². The predicted octanol–water partition coefficient (Wildman–Crippen LogP) is -8.83. The van der Waals surface area contributed by atoms with Gasteiger partial charge < -0.3 is 6.15 Å². The van der Waals surface area contributed by atoms with Gasteiger partial charge in [-0.3, -0.25) is 0 Å². The fourth-order valence-corrected chi connectivity index (χ4v) is 0. The minimum atomic E-state index is 0. The molecule has 0 heterocycles. The summed E-state index contributed by atoms with van der Waals surface area (Å²) in [5, 5.41) is 0. The molecule has 0 rings (SSSR count). The summed E-state index contributed by atoms with van der Waals surface area (Å²) >= 11 is 0. The summed E-state index contributed by atoms with van der Waals surface area (Å²) < 4.78 is 0. The maximum Gasteiger partial charge on any atom is 1.00 e. The summed E-state index contributed by atoms with van der Waals surface area (Å²) in [7, 11) is 0. The van der Waals surface area contributed by atoms with E-state index in [-0.39, 0.29) is 160 Å². The third kappa shape index (κ3) is 9.98. The van der Waals surface area contributed by atoms with Crippen molar-refractivity contribution in [3.05, 3.63) is 0 Å². The van der Waals surface area contributed by atoms with Crippen LogP contribution in [0.4, 0.5) is 0 Å². The van der Waals surface area contributed by atoms with Gasteiger partial charge in [0, 0.05) is 0 Å². The van der Waals surface area contributed by atoms with Gasteiger partial charge in [-0.2, -0.15) is 0 Å². The summed E-state index contributed by atoms with van der Waals surface area (Å²) in [6.07, 6.45) is 0. The summed E-state index contributed by atoms with van der Waals surface area (Å²) in [4.78, 5) is 0. The van der Waals surface area contributed by atoms with E-state index in [9.17, 15) is 0 Å². The number of hydrogen-bond acceptors (Lipinski definition) is 1. The van der Waals surface area contributed by atoms with E-state index in [4.69, 9.17) is 0 Å². The molecule has 0 saturated carbocycles. The van der Waals surface area contributed by atoms with Gasteiger partial charge in [0.25, 0.3) is 0 Å². The first kappa shape index (κ1) is 23.2. The molecule has 3 N–H and O–H groups in total. The molecule has 0 radical (unpaired) electrons. The standard InChI is InChI=1S/3K.H3N/h;;;1H3/q3*+1;. The molecule has 0 aromatic carbocycles. The molecule has 0 aromatic rings. The molecule has 0 bridgehead atoms. The molecule has 0 aliphatic carbocycles. The SMILES string of the molecule is N.[K+].[K+].[K+]. The van der Waals surface area contributed by atoms with Crippen molar-refractivity contribution in [2.75, 3.05) is 0 Å². The van der Waals surface area contributed by atoms with Crippen molar-refractivity contribution in [3.8, 4) is 0 Å². The Labute approximate surface area is 154 Å². The van der Waals surface area contributed by atoms with Crippen LogP contribution in [0.2, 0.25) is 0 Å². The van der Waals surface area contributed by atoms with Gasteiger partial charge in [-0.15, -0.1) is 0 Å². The summed E-state index contributed by atoms with van der Waals surface area (Å²) in [6.45, 7) is 0. The first-order chi connectivity index (χ1) is 0. The maximum absolute atomic E-state index is 0. The van der Waals surface area contributed by atoms with Gasteiger partial charge in [0.05, 0.1) is 0 Å². The van der Waals surface area contributed by atoms with Crippen molar-refractivity contribution in [2.45, 2.75) is 0 Å². The molecular formula is H3K3N+3. The van der Waals surface area contributed by atoms with Crippen LogP contribution in [0, 0.1) is 0 Å². The topological polar surface area (TPSA) is 35.0 Å².